The molecule has 1 aromatic carbocycles. The number of benzene rings is 1. The molecule has 5 heteroatoms. The zero-order chi connectivity index (χ0) is 16.6. The first-order valence-corrected chi connectivity index (χ1v) is 7.61. The Morgan fingerprint density at radius 3 is 2.36 bits per heavy atom. The van der Waals surface area contributed by atoms with Gasteiger partial charge >= 0.3 is 5.97 Å². The molecule has 2 N–H and O–H groups in total. The Labute approximate surface area is 131 Å². The molecule has 0 heterocycles. The summed E-state index contributed by atoms with van der Waals surface area (Å²) >= 11 is 0. The second-order valence-corrected chi connectivity index (χ2v) is 5.95. The van der Waals surface area contributed by atoms with Crippen molar-refractivity contribution in [1.82, 2.24) is 5.32 Å². The van der Waals surface area contributed by atoms with Crippen LogP contribution in [0.4, 0.5) is 0 Å². The Kier molecular flexibility index (Phi) is 6.89. The van der Waals surface area contributed by atoms with Crippen molar-refractivity contribution < 1.29 is 19.4 Å². The maximum atomic E-state index is 12.0. The molecule has 0 saturated carbocycles. The Bertz CT molecular complexity index is 494. The van der Waals surface area contributed by atoms with E-state index in [9.17, 15) is 9.59 Å². The molecule has 0 spiro atoms. The largest absolute Gasteiger partial charge is 0.494 e. The maximum absolute atomic E-state index is 12.0. The van der Waals surface area contributed by atoms with Crippen LogP contribution in [0.3, 0.4) is 0 Å². The van der Waals surface area contributed by atoms with E-state index in [1.807, 2.05) is 0 Å². The van der Waals surface area contributed by atoms with Crippen LogP contribution in [0.25, 0.3) is 0 Å². The maximum Gasteiger partial charge on any atom is 0.310 e. The van der Waals surface area contributed by atoms with Crippen molar-refractivity contribution in [2.24, 2.45) is 5.41 Å². The minimum atomic E-state index is -0.988. The van der Waals surface area contributed by atoms with Crippen molar-refractivity contribution in [3.8, 4) is 5.75 Å². The van der Waals surface area contributed by atoms with E-state index >= 15 is 0 Å². The van der Waals surface area contributed by atoms with E-state index in [1.54, 1.807) is 38.1 Å². The Balaban J connectivity index is 2.48. The van der Waals surface area contributed by atoms with Crippen LogP contribution in [-0.2, 0) is 4.79 Å². The molecule has 0 saturated heterocycles. The van der Waals surface area contributed by atoms with Crippen LogP contribution >= 0.6 is 0 Å². The zero-order valence-corrected chi connectivity index (χ0v) is 13.5. The third-order valence-electron chi connectivity index (χ3n) is 3.40. The highest BCUT2D eigenvalue weighted by Gasteiger charge is 2.27. The van der Waals surface area contributed by atoms with Crippen molar-refractivity contribution in [3.63, 3.8) is 0 Å². The second-order valence-electron chi connectivity index (χ2n) is 5.95. The number of unbranched alkanes of at least 4 members (excludes halogenated alkanes) is 2. The van der Waals surface area contributed by atoms with E-state index < -0.39 is 11.4 Å². The van der Waals surface area contributed by atoms with E-state index in [-0.39, 0.29) is 12.5 Å². The number of rotatable bonds is 9. The van der Waals surface area contributed by atoms with Crippen LogP contribution in [-0.4, -0.2) is 30.1 Å². The van der Waals surface area contributed by atoms with Gasteiger partial charge in [0.2, 0.25) is 0 Å². The highest BCUT2D eigenvalue weighted by atomic mass is 16.5. The normalized spacial score (nSPS) is 11.0. The van der Waals surface area contributed by atoms with Crippen molar-refractivity contribution in [3.05, 3.63) is 29.8 Å². The van der Waals surface area contributed by atoms with Gasteiger partial charge in [-0.2, -0.15) is 0 Å². The minimum Gasteiger partial charge on any atom is -0.494 e. The second kappa shape index (κ2) is 8.41. The predicted octanol–water partition coefficient (Wildman–Crippen LogP) is 3.10. The fraction of sp³-hybridized carbons (Fsp3) is 0.529. The summed E-state index contributed by atoms with van der Waals surface area (Å²) in [6.07, 6.45) is 3.30. The smallest absolute Gasteiger partial charge is 0.310 e. The number of hydrogen-bond donors (Lipinski definition) is 2. The summed E-state index contributed by atoms with van der Waals surface area (Å²) in [6.45, 7) is 6.04. The molecule has 0 bridgehead atoms. The van der Waals surface area contributed by atoms with Gasteiger partial charge in [0, 0.05) is 12.1 Å². The number of carboxylic acids is 1. The zero-order valence-electron chi connectivity index (χ0n) is 13.5. The van der Waals surface area contributed by atoms with Crippen molar-refractivity contribution in [2.45, 2.75) is 40.0 Å². The molecular weight excluding hydrogens is 282 g/mol. The van der Waals surface area contributed by atoms with Gasteiger partial charge in [-0.1, -0.05) is 19.8 Å². The summed E-state index contributed by atoms with van der Waals surface area (Å²) in [5.74, 6) is -0.492. The number of carboxylic acid groups (broad SMARTS) is 1. The Hall–Kier alpha value is -2.04. The van der Waals surface area contributed by atoms with Crippen LogP contribution in [0, 0.1) is 5.41 Å². The fourth-order valence-corrected chi connectivity index (χ4v) is 1.72. The lowest BCUT2D eigenvalue weighted by Gasteiger charge is -2.19. The number of amides is 1. The molecular formula is C17H25NO4. The topological polar surface area (TPSA) is 75.6 Å². The minimum absolute atomic E-state index is 0.0798. The average Bonchev–Trinajstić information content (AvgIpc) is 2.50. The van der Waals surface area contributed by atoms with Crippen LogP contribution < -0.4 is 10.1 Å². The molecule has 1 aromatic rings. The van der Waals surface area contributed by atoms with Gasteiger partial charge in [0.1, 0.15) is 5.75 Å². The fourth-order valence-electron chi connectivity index (χ4n) is 1.72. The standard InChI is InChI=1S/C17H25NO4/c1-4-5-6-11-22-14-9-7-13(8-10-14)15(19)18-12-17(2,3)16(20)21/h7-10H,4-6,11-12H2,1-3H3,(H,18,19)(H,20,21). The Morgan fingerprint density at radius 1 is 1.18 bits per heavy atom. The van der Waals surface area contributed by atoms with Crippen molar-refractivity contribution >= 4 is 11.9 Å². The number of carbonyl (C=O) groups excluding carboxylic acids is 1. The third-order valence-corrected chi connectivity index (χ3v) is 3.40. The van der Waals surface area contributed by atoms with Gasteiger partial charge in [0.25, 0.3) is 5.91 Å². The number of ether oxygens (including phenoxy) is 1. The number of carbonyl (C=O) groups is 2. The van der Waals surface area contributed by atoms with Crippen LogP contribution in [0.15, 0.2) is 24.3 Å². The lowest BCUT2D eigenvalue weighted by Crippen LogP contribution is -2.38. The quantitative estimate of drug-likeness (QED) is 0.687. The van der Waals surface area contributed by atoms with Crippen LogP contribution in [0.5, 0.6) is 5.75 Å². The molecule has 5 nitrogen and oxygen atoms in total. The van der Waals surface area contributed by atoms with E-state index in [0.29, 0.717) is 12.2 Å². The first-order valence-electron chi connectivity index (χ1n) is 7.61. The summed E-state index contributed by atoms with van der Waals surface area (Å²) in [5.41, 5.74) is -0.500. The number of nitrogens with one attached hydrogen (secondary N) is 1. The molecule has 122 valence electrons. The lowest BCUT2D eigenvalue weighted by molar-refractivity contribution is -0.146. The summed E-state index contributed by atoms with van der Waals surface area (Å²) in [6, 6.07) is 6.86. The highest BCUT2D eigenvalue weighted by Crippen LogP contribution is 2.15. The van der Waals surface area contributed by atoms with E-state index in [2.05, 4.69) is 12.2 Å². The summed E-state index contributed by atoms with van der Waals surface area (Å²) < 4.78 is 5.58. The average molecular weight is 307 g/mol. The van der Waals surface area contributed by atoms with Gasteiger partial charge in [-0.05, 0) is 44.5 Å². The monoisotopic (exact) mass is 307 g/mol. The molecule has 0 atom stereocenters. The van der Waals surface area contributed by atoms with E-state index in [0.717, 1.165) is 25.0 Å². The molecule has 0 aliphatic carbocycles. The van der Waals surface area contributed by atoms with Crippen LogP contribution in [0.1, 0.15) is 50.4 Å². The summed E-state index contributed by atoms with van der Waals surface area (Å²) in [4.78, 5) is 23.0. The summed E-state index contributed by atoms with van der Waals surface area (Å²) in [7, 11) is 0. The van der Waals surface area contributed by atoms with Gasteiger partial charge in [-0.25, -0.2) is 0 Å². The molecule has 1 rings (SSSR count). The molecule has 0 aromatic heterocycles. The van der Waals surface area contributed by atoms with Crippen molar-refractivity contribution in [2.75, 3.05) is 13.2 Å². The van der Waals surface area contributed by atoms with Gasteiger partial charge < -0.3 is 15.2 Å². The van der Waals surface area contributed by atoms with E-state index in [4.69, 9.17) is 9.84 Å². The number of aliphatic carboxylic acids is 1. The summed E-state index contributed by atoms with van der Waals surface area (Å²) in [5, 5.41) is 11.7. The molecule has 1 amide bonds. The first-order chi connectivity index (χ1) is 10.4. The van der Waals surface area contributed by atoms with Gasteiger partial charge in [0.15, 0.2) is 0 Å². The van der Waals surface area contributed by atoms with Gasteiger partial charge in [-0.3, -0.25) is 9.59 Å². The van der Waals surface area contributed by atoms with Gasteiger partial charge in [-0.15, -0.1) is 0 Å². The Morgan fingerprint density at radius 2 is 1.82 bits per heavy atom. The third kappa shape index (κ3) is 5.76. The predicted molar refractivity (Wildman–Crippen MR) is 85.2 cm³/mol. The van der Waals surface area contributed by atoms with E-state index in [1.165, 1.54) is 0 Å². The molecule has 22 heavy (non-hydrogen) atoms. The molecule has 0 unspecified atom stereocenters. The molecule has 0 fully saturated rings. The molecule has 0 radical (unpaired) electrons. The number of hydrogen-bond acceptors (Lipinski definition) is 3. The molecule has 0 aliphatic heterocycles. The lowest BCUT2D eigenvalue weighted by atomic mass is 9.94. The highest BCUT2D eigenvalue weighted by molar-refractivity contribution is 5.94. The first kappa shape index (κ1) is 18.0. The van der Waals surface area contributed by atoms with Crippen molar-refractivity contribution in [1.29, 1.82) is 0 Å². The van der Waals surface area contributed by atoms with Gasteiger partial charge in [0.05, 0.1) is 12.0 Å². The SMILES string of the molecule is CCCCCOc1ccc(C(=O)NCC(C)(C)C(=O)O)cc1. The van der Waals surface area contributed by atoms with Crippen LogP contribution in [0.2, 0.25) is 0 Å². The molecule has 0 aliphatic rings.